The average molecular weight is 837 g/mol. The van der Waals surface area contributed by atoms with Crippen molar-refractivity contribution in [1.82, 2.24) is 0 Å². The highest BCUT2D eigenvalue weighted by Crippen LogP contribution is 2.23. The van der Waals surface area contributed by atoms with E-state index in [0.717, 1.165) is 11.1 Å². The second kappa shape index (κ2) is 22.7. The van der Waals surface area contributed by atoms with Gasteiger partial charge in [0.05, 0.1) is 11.1 Å². The standard InChI is InChI=1S/C49H40O13/c50-46(39-17-9-3-10-18-39)55-42-25-27-43(28-26-42)57-48(56-41-19-11-4-12-20-41)61-54-35-38-21-23-40(24-22-38)47(51)59-49(62-53-34-37-15-7-2-8-16-37)58-44-29-31-45(32-30-44)60-52-33-36-13-5-1-6-14-36/h1-32,48-49H,33-35H2. The minimum Gasteiger partial charge on any atom is -0.431 e. The molecule has 2 unspecified atom stereocenters. The van der Waals surface area contributed by atoms with Crippen molar-refractivity contribution in [3.05, 3.63) is 222 Å². The minimum atomic E-state index is -1.58. The Labute approximate surface area is 357 Å². The monoisotopic (exact) mass is 836 g/mol. The normalized spacial score (nSPS) is 11.7. The lowest BCUT2D eigenvalue weighted by atomic mass is 10.1. The molecule has 7 aromatic carbocycles. The van der Waals surface area contributed by atoms with Crippen LogP contribution in [0.25, 0.3) is 0 Å². The van der Waals surface area contributed by atoms with Crippen molar-refractivity contribution >= 4 is 11.9 Å². The Hall–Kier alpha value is -7.52. The van der Waals surface area contributed by atoms with E-state index in [4.69, 9.17) is 53.0 Å². The van der Waals surface area contributed by atoms with E-state index in [2.05, 4.69) is 0 Å². The Balaban J connectivity index is 0.919. The summed E-state index contributed by atoms with van der Waals surface area (Å²) in [5.74, 6) is 0.631. The van der Waals surface area contributed by atoms with Crippen LogP contribution in [0.15, 0.2) is 194 Å². The minimum absolute atomic E-state index is 0.0408. The van der Waals surface area contributed by atoms with E-state index in [1.165, 1.54) is 0 Å². The predicted octanol–water partition coefficient (Wildman–Crippen LogP) is 9.97. The van der Waals surface area contributed by atoms with Crippen molar-refractivity contribution in [1.29, 1.82) is 0 Å². The van der Waals surface area contributed by atoms with Crippen LogP contribution in [0.2, 0.25) is 0 Å². The topological polar surface area (TPSA) is 136 Å². The lowest BCUT2D eigenvalue weighted by Gasteiger charge is -2.19. The number of rotatable bonds is 22. The van der Waals surface area contributed by atoms with Crippen molar-refractivity contribution in [2.75, 3.05) is 0 Å². The van der Waals surface area contributed by atoms with Crippen LogP contribution >= 0.6 is 0 Å². The van der Waals surface area contributed by atoms with Crippen LogP contribution in [0.1, 0.15) is 37.4 Å². The first kappa shape index (κ1) is 42.6. The Morgan fingerprint density at radius 2 is 0.758 bits per heavy atom. The highest BCUT2D eigenvalue weighted by molar-refractivity contribution is 5.91. The Morgan fingerprint density at radius 3 is 1.32 bits per heavy atom. The third-order valence-electron chi connectivity index (χ3n) is 8.51. The van der Waals surface area contributed by atoms with E-state index in [1.54, 1.807) is 121 Å². The van der Waals surface area contributed by atoms with Crippen molar-refractivity contribution in [2.24, 2.45) is 0 Å². The summed E-state index contributed by atoms with van der Waals surface area (Å²) < 4.78 is 28.6. The maximum atomic E-state index is 13.3. The second-order valence-electron chi connectivity index (χ2n) is 13.1. The molecular weight excluding hydrogens is 797 g/mol. The van der Waals surface area contributed by atoms with Crippen LogP contribution in [-0.2, 0) is 49.0 Å². The van der Waals surface area contributed by atoms with Gasteiger partial charge in [0, 0.05) is 0 Å². The summed E-state index contributed by atoms with van der Waals surface area (Å²) in [6.45, 7) is -2.62. The summed E-state index contributed by atoms with van der Waals surface area (Å²) in [5, 5.41) is 0. The van der Waals surface area contributed by atoms with Crippen LogP contribution < -0.4 is 23.8 Å². The molecule has 0 fully saturated rings. The molecule has 0 aliphatic carbocycles. The van der Waals surface area contributed by atoms with E-state index in [-0.39, 0.29) is 25.4 Å². The van der Waals surface area contributed by atoms with Gasteiger partial charge < -0.3 is 28.6 Å². The van der Waals surface area contributed by atoms with E-state index >= 15 is 0 Å². The van der Waals surface area contributed by atoms with Crippen molar-refractivity contribution < 1.29 is 62.6 Å². The average Bonchev–Trinajstić information content (AvgIpc) is 3.31. The van der Waals surface area contributed by atoms with Gasteiger partial charge in [-0.05, 0) is 102 Å². The molecule has 2 atom stereocenters. The predicted molar refractivity (Wildman–Crippen MR) is 222 cm³/mol. The molecule has 0 aliphatic rings. The van der Waals surface area contributed by atoms with Gasteiger partial charge in [-0.3, -0.25) is 0 Å². The lowest BCUT2D eigenvalue weighted by Crippen LogP contribution is -2.28. The van der Waals surface area contributed by atoms with E-state index in [1.807, 2.05) is 72.8 Å². The van der Waals surface area contributed by atoms with Crippen LogP contribution in [0.5, 0.6) is 28.7 Å². The summed E-state index contributed by atoms with van der Waals surface area (Å²) in [7, 11) is 0. The molecule has 0 saturated heterocycles. The summed E-state index contributed by atoms with van der Waals surface area (Å²) in [4.78, 5) is 58.3. The molecule has 7 aromatic rings. The number of benzene rings is 7. The molecule has 0 heterocycles. The highest BCUT2D eigenvalue weighted by atomic mass is 17.3. The van der Waals surface area contributed by atoms with E-state index < -0.39 is 24.9 Å². The molecule has 0 N–H and O–H groups in total. The Bertz CT molecular complexity index is 2380. The molecule has 0 radical (unpaired) electrons. The molecule has 0 aliphatic heterocycles. The van der Waals surface area contributed by atoms with Gasteiger partial charge in [-0.15, -0.1) is 0 Å². The fraction of sp³-hybridized carbons (Fsp3) is 0.102. The first-order valence-electron chi connectivity index (χ1n) is 19.3. The zero-order chi connectivity index (χ0) is 42.6. The Morgan fingerprint density at radius 1 is 0.355 bits per heavy atom. The molecule has 0 aromatic heterocycles. The van der Waals surface area contributed by atoms with Gasteiger partial charge in [0.25, 0.3) is 0 Å². The van der Waals surface area contributed by atoms with Crippen molar-refractivity contribution in [3.63, 3.8) is 0 Å². The Kier molecular flexibility index (Phi) is 15.6. The third kappa shape index (κ3) is 13.8. The number of carbonyl (C=O) groups excluding carboxylic acids is 2. The number of para-hydroxylation sites is 1. The number of hydrogen-bond donors (Lipinski definition) is 0. The molecule has 7 rings (SSSR count). The van der Waals surface area contributed by atoms with Crippen molar-refractivity contribution in [2.45, 2.75) is 32.8 Å². The maximum Gasteiger partial charge on any atom is 0.390 e. The molecule has 0 amide bonds. The second-order valence-corrected chi connectivity index (χ2v) is 13.1. The van der Waals surface area contributed by atoms with Gasteiger partial charge in [0.2, 0.25) is 0 Å². The highest BCUT2D eigenvalue weighted by Gasteiger charge is 2.21. The smallest absolute Gasteiger partial charge is 0.390 e. The zero-order valence-electron chi connectivity index (χ0n) is 33.1. The fourth-order valence-electron chi connectivity index (χ4n) is 5.38. The first-order valence-corrected chi connectivity index (χ1v) is 19.3. The quantitative estimate of drug-likeness (QED) is 0.0211. The van der Waals surface area contributed by atoms with Crippen LogP contribution in [0.3, 0.4) is 0 Å². The summed E-state index contributed by atoms with van der Waals surface area (Å²) >= 11 is 0. The molecule has 13 nitrogen and oxygen atoms in total. The summed E-state index contributed by atoms with van der Waals surface area (Å²) in [5.41, 5.74) is 3.06. The number of hydrogen-bond acceptors (Lipinski definition) is 13. The van der Waals surface area contributed by atoms with Gasteiger partial charge in [-0.1, -0.05) is 109 Å². The molecule has 62 heavy (non-hydrogen) atoms. The maximum absolute atomic E-state index is 13.3. The molecule has 0 saturated carbocycles. The van der Waals surface area contributed by atoms with Crippen LogP contribution in [-0.4, -0.2) is 24.9 Å². The van der Waals surface area contributed by atoms with Gasteiger partial charge in [-0.25, -0.2) is 19.4 Å². The third-order valence-corrected chi connectivity index (χ3v) is 8.51. The zero-order valence-corrected chi connectivity index (χ0v) is 33.1. The van der Waals surface area contributed by atoms with Gasteiger partial charge in [0.1, 0.15) is 42.8 Å². The number of esters is 2. The fourth-order valence-corrected chi connectivity index (χ4v) is 5.38. The molecule has 0 bridgehead atoms. The summed E-state index contributed by atoms with van der Waals surface area (Å²) in [6, 6.07) is 55.7. The van der Waals surface area contributed by atoms with Gasteiger partial charge >= 0.3 is 24.9 Å². The molecular formula is C49H40O13. The van der Waals surface area contributed by atoms with Crippen molar-refractivity contribution in [3.8, 4) is 28.7 Å². The first-order chi connectivity index (χ1) is 30.5. The molecule has 13 heteroatoms. The molecule has 0 spiro atoms. The van der Waals surface area contributed by atoms with E-state index in [0.29, 0.717) is 39.9 Å². The number of ether oxygens (including phenoxy) is 5. The number of carbonyl (C=O) groups is 2. The lowest BCUT2D eigenvalue weighted by molar-refractivity contribution is -0.419. The SMILES string of the molecule is O=C(Oc1ccc(OC(OOCc2ccc(C(=O)OC(OOCc3ccccc3)Oc3ccc(OOCc4ccccc4)cc3)cc2)Oc2ccccc2)cc1)c1ccccc1. The van der Waals surface area contributed by atoms with Crippen LogP contribution in [0.4, 0.5) is 0 Å². The summed E-state index contributed by atoms with van der Waals surface area (Å²) in [6.07, 6.45) is 0. The molecule has 314 valence electrons. The van der Waals surface area contributed by atoms with E-state index in [9.17, 15) is 9.59 Å². The van der Waals surface area contributed by atoms with Gasteiger partial charge in [-0.2, -0.15) is 14.7 Å². The van der Waals surface area contributed by atoms with Crippen LogP contribution in [0, 0.1) is 0 Å². The largest absolute Gasteiger partial charge is 0.431 e. The van der Waals surface area contributed by atoms with Gasteiger partial charge in [0.15, 0.2) is 5.75 Å².